The van der Waals surface area contributed by atoms with Gasteiger partial charge < -0.3 is 9.64 Å². The fraction of sp³-hybridized carbons (Fsp3) is 0.650. The summed E-state index contributed by atoms with van der Waals surface area (Å²) in [4.78, 5) is 16.7. The molecule has 1 aliphatic heterocycles. The van der Waals surface area contributed by atoms with Crippen LogP contribution in [-0.4, -0.2) is 67.4 Å². The van der Waals surface area contributed by atoms with Crippen molar-refractivity contribution in [1.29, 1.82) is 0 Å². The standard InChI is InChI=1S/C20H32N2O4S/c1-19(2,3)26-18(23)21-13-14-22(20(4,5)16-21)12-9-15-27(24,25)17-10-7-6-8-11-17/h6-8,10-11H,9,12-16H2,1-5H3. The maximum atomic E-state index is 12.4. The van der Waals surface area contributed by atoms with Gasteiger partial charge in [0.05, 0.1) is 10.6 Å². The van der Waals surface area contributed by atoms with Crippen molar-refractivity contribution in [3.05, 3.63) is 30.3 Å². The first-order chi connectivity index (χ1) is 12.4. The Kier molecular flexibility index (Phi) is 6.58. The lowest BCUT2D eigenvalue weighted by molar-refractivity contribution is -0.0149. The Labute approximate surface area is 163 Å². The zero-order chi connectivity index (χ0) is 20.3. The quantitative estimate of drug-likeness (QED) is 0.765. The minimum Gasteiger partial charge on any atom is -0.444 e. The average molecular weight is 397 g/mol. The van der Waals surface area contributed by atoms with Crippen molar-refractivity contribution in [2.45, 2.75) is 57.1 Å². The van der Waals surface area contributed by atoms with Gasteiger partial charge in [0.25, 0.3) is 0 Å². The number of carbonyl (C=O) groups is 1. The number of sulfone groups is 1. The smallest absolute Gasteiger partial charge is 0.410 e. The van der Waals surface area contributed by atoms with E-state index < -0.39 is 15.4 Å². The molecule has 0 aliphatic carbocycles. The fourth-order valence-electron chi connectivity index (χ4n) is 3.28. The lowest BCUT2D eigenvalue weighted by Gasteiger charge is -2.47. The maximum absolute atomic E-state index is 12.4. The van der Waals surface area contributed by atoms with Gasteiger partial charge in [0.2, 0.25) is 0 Å². The monoisotopic (exact) mass is 396 g/mol. The molecular weight excluding hydrogens is 364 g/mol. The normalized spacial score (nSPS) is 18.3. The van der Waals surface area contributed by atoms with E-state index in [1.165, 1.54) is 0 Å². The summed E-state index contributed by atoms with van der Waals surface area (Å²) in [5.41, 5.74) is -0.740. The Balaban J connectivity index is 1.89. The number of nitrogens with zero attached hydrogens (tertiary/aromatic N) is 2. The fourth-order valence-corrected chi connectivity index (χ4v) is 4.59. The third-order valence-electron chi connectivity index (χ3n) is 4.67. The van der Waals surface area contributed by atoms with Crippen LogP contribution in [0, 0.1) is 0 Å². The van der Waals surface area contributed by atoms with Crippen molar-refractivity contribution in [3.63, 3.8) is 0 Å². The topological polar surface area (TPSA) is 66.9 Å². The number of rotatable bonds is 5. The van der Waals surface area contributed by atoms with E-state index in [9.17, 15) is 13.2 Å². The molecule has 27 heavy (non-hydrogen) atoms. The molecule has 0 atom stereocenters. The lowest BCUT2D eigenvalue weighted by atomic mass is 9.99. The molecule has 1 aromatic carbocycles. The molecular formula is C20H32N2O4S. The van der Waals surface area contributed by atoms with Crippen LogP contribution in [0.15, 0.2) is 35.2 Å². The van der Waals surface area contributed by atoms with E-state index in [0.717, 1.165) is 0 Å². The Bertz CT molecular complexity index is 739. The van der Waals surface area contributed by atoms with E-state index in [1.54, 1.807) is 29.2 Å². The second-order valence-electron chi connectivity index (χ2n) is 8.69. The van der Waals surface area contributed by atoms with Crippen LogP contribution in [0.5, 0.6) is 0 Å². The van der Waals surface area contributed by atoms with Gasteiger partial charge in [-0.25, -0.2) is 13.2 Å². The van der Waals surface area contributed by atoms with Crippen molar-refractivity contribution >= 4 is 15.9 Å². The molecule has 1 fully saturated rings. The summed E-state index contributed by atoms with van der Waals surface area (Å²) in [5, 5.41) is 0. The van der Waals surface area contributed by atoms with Crippen LogP contribution in [0.2, 0.25) is 0 Å². The SMILES string of the molecule is CC(C)(C)OC(=O)N1CCN(CCCS(=O)(=O)c2ccccc2)C(C)(C)C1. The first kappa shape index (κ1) is 21.7. The lowest BCUT2D eigenvalue weighted by Crippen LogP contribution is -2.61. The van der Waals surface area contributed by atoms with Gasteiger partial charge in [0, 0.05) is 25.2 Å². The molecule has 0 unspecified atom stereocenters. The number of benzene rings is 1. The second kappa shape index (κ2) is 8.19. The number of carbonyl (C=O) groups excluding carboxylic acids is 1. The highest BCUT2D eigenvalue weighted by Crippen LogP contribution is 2.23. The summed E-state index contributed by atoms with van der Waals surface area (Å²) in [5.74, 6) is 0.124. The molecule has 2 rings (SSSR count). The summed E-state index contributed by atoms with van der Waals surface area (Å²) in [6.07, 6.45) is 0.273. The zero-order valence-corrected chi connectivity index (χ0v) is 17.9. The summed E-state index contributed by atoms with van der Waals surface area (Å²) < 4.78 is 30.3. The van der Waals surface area contributed by atoms with Crippen LogP contribution >= 0.6 is 0 Å². The average Bonchev–Trinajstić information content (AvgIpc) is 2.55. The summed E-state index contributed by atoms with van der Waals surface area (Å²) in [7, 11) is -3.25. The van der Waals surface area contributed by atoms with Gasteiger partial charge in [0.15, 0.2) is 9.84 Å². The summed E-state index contributed by atoms with van der Waals surface area (Å²) >= 11 is 0. The van der Waals surface area contributed by atoms with Crippen molar-refractivity contribution < 1.29 is 17.9 Å². The molecule has 0 aromatic heterocycles. The molecule has 6 nitrogen and oxygen atoms in total. The third-order valence-corrected chi connectivity index (χ3v) is 6.49. The molecule has 1 amide bonds. The van der Waals surface area contributed by atoms with E-state index in [1.807, 2.05) is 26.8 Å². The predicted molar refractivity (Wildman–Crippen MR) is 107 cm³/mol. The molecule has 0 saturated carbocycles. The van der Waals surface area contributed by atoms with E-state index in [-0.39, 0.29) is 17.4 Å². The van der Waals surface area contributed by atoms with Crippen molar-refractivity contribution in [2.24, 2.45) is 0 Å². The Hall–Kier alpha value is -1.60. The molecule has 0 radical (unpaired) electrons. The summed E-state index contributed by atoms with van der Waals surface area (Å²) in [6.45, 7) is 12.3. The van der Waals surface area contributed by atoms with Gasteiger partial charge in [-0.05, 0) is 59.7 Å². The molecule has 152 valence electrons. The van der Waals surface area contributed by atoms with E-state index in [4.69, 9.17) is 4.74 Å². The second-order valence-corrected chi connectivity index (χ2v) is 10.8. The van der Waals surface area contributed by atoms with Gasteiger partial charge in [0.1, 0.15) is 5.60 Å². The Morgan fingerprint density at radius 3 is 2.33 bits per heavy atom. The highest BCUT2D eigenvalue weighted by Gasteiger charge is 2.36. The van der Waals surface area contributed by atoms with E-state index >= 15 is 0 Å². The minimum absolute atomic E-state index is 0.124. The van der Waals surface area contributed by atoms with Crippen LogP contribution in [0.4, 0.5) is 4.79 Å². The molecule has 1 saturated heterocycles. The molecule has 0 spiro atoms. The molecule has 1 aliphatic rings. The van der Waals surface area contributed by atoms with Gasteiger partial charge in [-0.2, -0.15) is 0 Å². The zero-order valence-electron chi connectivity index (χ0n) is 17.1. The van der Waals surface area contributed by atoms with Crippen molar-refractivity contribution in [2.75, 3.05) is 31.9 Å². The molecule has 0 N–H and O–H groups in total. The Morgan fingerprint density at radius 2 is 1.78 bits per heavy atom. The molecule has 7 heteroatoms. The van der Waals surface area contributed by atoms with Crippen LogP contribution in [-0.2, 0) is 14.6 Å². The highest BCUT2D eigenvalue weighted by molar-refractivity contribution is 7.91. The van der Waals surface area contributed by atoms with Gasteiger partial charge in [-0.15, -0.1) is 0 Å². The van der Waals surface area contributed by atoms with Gasteiger partial charge in [-0.1, -0.05) is 18.2 Å². The number of hydrogen-bond acceptors (Lipinski definition) is 5. The first-order valence-electron chi connectivity index (χ1n) is 9.41. The summed E-state index contributed by atoms with van der Waals surface area (Å²) in [6, 6.07) is 8.57. The van der Waals surface area contributed by atoms with Crippen LogP contribution < -0.4 is 0 Å². The third kappa shape index (κ3) is 6.21. The van der Waals surface area contributed by atoms with Crippen LogP contribution in [0.25, 0.3) is 0 Å². The number of piperazine rings is 1. The minimum atomic E-state index is -3.25. The number of amides is 1. The first-order valence-corrected chi connectivity index (χ1v) is 11.1. The molecule has 0 bridgehead atoms. The van der Waals surface area contributed by atoms with Gasteiger partial charge >= 0.3 is 6.09 Å². The van der Waals surface area contributed by atoms with Gasteiger partial charge in [-0.3, -0.25) is 4.90 Å². The van der Waals surface area contributed by atoms with Crippen LogP contribution in [0.3, 0.4) is 0 Å². The van der Waals surface area contributed by atoms with Crippen molar-refractivity contribution in [3.8, 4) is 0 Å². The maximum Gasteiger partial charge on any atom is 0.410 e. The highest BCUT2D eigenvalue weighted by atomic mass is 32.2. The molecule has 1 heterocycles. The van der Waals surface area contributed by atoms with Crippen molar-refractivity contribution in [1.82, 2.24) is 9.80 Å². The number of hydrogen-bond donors (Lipinski definition) is 0. The van der Waals surface area contributed by atoms with Crippen LogP contribution in [0.1, 0.15) is 41.0 Å². The largest absolute Gasteiger partial charge is 0.444 e. The Morgan fingerprint density at radius 1 is 1.15 bits per heavy atom. The number of ether oxygens (including phenoxy) is 1. The van der Waals surface area contributed by atoms with E-state index in [0.29, 0.717) is 37.5 Å². The molecule has 1 aromatic rings. The predicted octanol–water partition coefficient (Wildman–Crippen LogP) is 3.18. The van der Waals surface area contributed by atoms with E-state index in [2.05, 4.69) is 18.7 Å².